The summed E-state index contributed by atoms with van der Waals surface area (Å²) in [6, 6.07) is 5.69. The monoisotopic (exact) mass is 210 g/mol. The van der Waals surface area contributed by atoms with Crippen molar-refractivity contribution < 1.29 is 9.47 Å². The first-order valence-corrected chi connectivity index (χ1v) is 4.98. The van der Waals surface area contributed by atoms with Crippen LogP contribution in [0, 0.1) is 0 Å². The van der Waals surface area contributed by atoms with Gasteiger partial charge in [0.25, 0.3) is 0 Å². The Morgan fingerprint density at radius 3 is 2.27 bits per heavy atom. The third-order valence-electron chi connectivity index (χ3n) is 2.11. The zero-order valence-electron chi connectivity index (χ0n) is 9.25. The van der Waals surface area contributed by atoms with Crippen molar-refractivity contribution in [2.75, 3.05) is 32.6 Å². The SMILES string of the molecule is COc1cccc(OC)c1NCCCN. The number of anilines is 1. The maximum Gasteiger partial charge on any atom is 0.145 e. The lowest BCUT2D eigenvalue weighted by atomic mass is 10.2. The van der Waals surface area contributed by atoms with Crippen molar-refractivity contribution in [2.45, 2.75) is 6.42 Å². The Bertz CT molecular complexity index is 280. The molecule has 0 amide bonds. The van der Waals surface area contributed by atoms with Crippen LogP contribution >= 0.6 is 0 Å². The van der Waals surface area contributed by atoms with E-state index in [2.05, 4.69) is 5.32 Å². The van der Waals surface area contributed by atoms with E-state index in [1.54, 1.807) is 14.2 Å². The van der Waals surface area contributed by atoms with E-state index in [1.807, 2.05) is 18.2 Å². The van der Waals surface area contributed by atoms with Crippen molar-refractivity contribution in [3.05, 3.63) is 18.2 Å². The van der Waals surface area contributed by atoms with Crippen LogP contribution in [0.1, 0.15) is 6.42 Å². The summed E-state index contributed by atoms with van der Waals surface area (Å²) >= 11 is 0. The summed E-state index contributed by atoms with van der Waals surface area (Å²) in [5.41, 5.74) is 6.32. The van der Waals surface area contributed by atoms with Gasteiger partial charge in [-0.2, -0.15) is 0 Å². The molecule has 0 atom stereocenters. The standard InChI is InChI=1S/C11H18N2O2/c1-14-9-5-3-6-10(15-2)11(9)13-8-4-7-12/h3,5-6,13H,4,7-8,12H2,1-2H3. The van der Waals surface area contributed by atoms with Gasteiger partial charge in [0.1, 0.15) is 17.2 Å². The summed E-state index contributed by atoms with van der Waals surface area (Å²) in [6.45, 7) is 1.48. The molecule has 0 radical (unpaired) electrons. The van der Waals surface area contributed by atoms with Crippen LogP contribution in [0.2, 0.25) is 0 Å². The molecule has 0 aliphatic carbocycles. The van der Waals surface area contributed by atoms with Gasteiger partial charge in [-0.15, -0.1) is 0 Å². The maximum absolute atomic E-state index is 5.43. The van der Waals surface area contributed by atoms with E-state index < -0.39 is 0 Å². The minimum Gasteiger partial charge on any atom is -0.494 e. The zero-order valence-corrected chi connectivity index (χ0v) is 9.25. The normalized spacial score (nSPS) is 9.80. The molecule has 0 saturated carbocycles. The molecule has 84 valence electrons. The van der Waals surface area contributed by atoms with Crippen LogP contribution in [-0.2, 0) is 0 Å². The zero-order chi connectivity index (χ0) is 11.1. The van der Waals surface area contributed by atoms with E-state index in [9.17, 15) is 0 Å². The first-order valence-electron chi connectivity index (χ1n) is 4.98. The molecule has 0 aliphatic rings. The molecule has 0 heterocycles. The van der Waals surface area contributed by atoms with E-state index in [0.29, 0.717) is 6.54 Å². The number of rotatable bonds is 6. The Balaban J connectivity index is 2.80. The second-order valence-corrected chi connectivity index (χ2v) is 3.11. The lowest BCUT2D eigenvalue weighted by Crippen LogP contribution is -2.09. The summed E-state index contributed by atoms with van der Waals surface area (Å²) < 4.78 is 10.5. The largest absolute Gasteiger partial charge is 0.494 e. The lowest BCUT2D eigenvalue weighted by Gasteiger charge is -2.14. The minimum absolute atomic E-state index is 0.671. The number of ether oxygens (including phenoxy) is 2. The minimum atomic E-state index is 0.671. The molecule has 15 heavy (non-hydrogen) atoms. The molecule has 4 nitrogen and oxygen atoms in total. The highest BCUT2D eigenvalue weighted by molar-refractivity contribution is 5.66. The molecule has 0 aromatic heterocycles. The fourth-order valence-electron chi connectivity index (χ4n) is 1.34. The van der Waals surface area contributed by atoms with Crippen LogP contribution in [0.4, 0.5) is 5.69 Å². The third-order valence-corrected chi connectivity index (χ3v) is 2.11. The van der Waals surface area contributed by atoms with Crippen molar-refractivity contribution in [1.29, 1.82) is 0 Å². The maximum atomic E-state index is 5.43. The number of para-hydroxylation sites is 1. The quantitative estimate of drug-likeness (QED) is 0.698. The van der Waals surface area contributed by atoms with E-state index in [4.69, 9.17) is 15.2 Å². The van der Waals surface area contributed by atoms with Gasteiger partial charge in [-0.3, -0.25) is 0 Å². The number of nitrogens with two attached hydrogens (primary N) is 1. The molecule has 4 heteroatoms. The summed E-state index contributed by atoms with van der Waals surface area (Å²) in [5, 5.41) is 3.25. The second-order valence-electron chi connectivity index (χ2n) is 3.11. The summed E-state index contributed by atoms with van der Waals surface area (Å²) in [6.07, 6.45) is 0.918. The van der Waals surface area contributed by atoms with Gasteiger partial charge in [0.05, 0.1) is 14.2 Å². The van der Waals surface area contributed by atoms with Crippen molar-refractivity contribution in [3.8, 4) is 11.5 Å². The predicted octanol–water partition coefficient (Wildman–Crippen LogP) is 1.46. The predicted molar refractivity (Wildman–Crippen MR) is 61.7 cm³/mol. The first-order chi connectivity index (χ1) is 7.33. The van der Waals surface area contributed by atoms with Gasteiger partial charge < -0.3 is 20.5 Å². The van der Waals surface area contributed by atoms with E-state index >= 15 is 0 Å². The molecule has 0 unspecified atom stereocenters. The van der Waals surface area contributed by atoms with E-state index in [0.717, 1.165) is 30.2 Å². The molecule has 0 bridgehead atoms. The number of hydrogen-bond acceptors (Lipinski definition) is 4. The van der Waals surface area contributed by atoms with Gasteiger partial charge in [-0.05, 0) is 25.1 Å². The van der Waals surface area contributed by atoms with Gasteiger partial charge in [-0.1, -0.05) is 6.07 Å². The van der Waals surface area contributed by atoms with Crippen LogP contribution < -0.4 is 20.5 Å². The Kier molecular flexibility index (Phi) is 4.77. The molecule has 0 aliphatic heterocycles. The first kappa shape index (κ1) is 11.7. The number of methoxy groups -OCH3 is 2. The fraction of sp³-hybridized carbons (Fsp3) is 0.455. The summed E-state index contributed by atoms with van der Waals surface area (Å²) in [5.74, 6) is 1.57. The highest BCUT2D eigenvalue weighted by atomic mass is 16.5. The number of benzene rings is 1. The Labute approximate surface area is 90.4 Å². The Hall–Kier alpha value is -1.42. The number of nitrogens with one attached hydrogen (secondary N) is 1. The molecule has 0 spiro atoms. The van der Waals surface area contributed by atoms with Crippen LogP contribution in [0.3, 0.4) is 0 Å². The van der Waals surface area contributed by atoms with Crippen molar-refractivity contribution >= 4 is 5.69 Å². The van der Waals surface area contributed by atoms with Crippen molar-refractivity contribution in [1.82, 2.24) is 0 Å². The molecule has 1 rings (SSSR count). The fourth-order valence-corrected chi connectivity index (χ4v) is 1.34. The molecule has 0 saturated heterocycles. The second kappa shape index (κ2) is 6.14. The lowest BCUT2D eigenvalue weighted by molar-refractivity contribution is 0.397. The van der Waals surface area contributed by atoms with E-state index in [-0.39, 0.29) is 0 Å². The van der Waals surface area contributed by atoms with Gasteiger partial charge in [0.15, 0.2) is 0 Å². The average molecular weight is 210 g/mol. The van der Waals surface area contributed by atoms with Crippen LogP contribution in [0.25, 0.3) is 0 Å². The summed E-state index contributed by atoms with van der Waals surface area (Å²) in [7, 11) is 3.28. The molecule has 0 fully saturated rings. The van der Waals surface area contributed by atoms with E-state index in [1.165, 1.54) is 0 Å². The molecular formula is C11H18N2O2. The van der Waals surface area contributed by atoms with Crippen molar-refractivity contribution in [3.63, 3.8) is 0 Å². The van der Waals surface area contributed by atoms with Gasteiger partial charge in [-0.25, -0.2) is 0 Å². The Morgan fingerprint density at radius 1 is 1.20 bits per heavy atom. The van der Waals surface area contributed by atoms with Gasteiger partial charge in [0, 0.05) is 6.54 Å². The smallest absolute Gasteiger partial charge is 0.145 e. The van der Waals surface area contributed by atoms with Crippen LogP contribution in [-0.4, -0.2) is 27.3 Å². The molecule has 1 aromatic rings. The highest BCUT2D eigenvalue weighted by Crippen LogP contribution is 2.33. The number of hydrogen-bond donors (Lipinski definition) is 2. The van der Waals surface area contributed by atoms with Crippen molar-refractivity contribution in [2.24, 2.45) is 5.73 Å². The topological polar surface area (TPSA) is 56.5 Å². The van der Waals surface area contributed by atoms with Gasteiger partial charge in [0.2, 0.25) is 0 Å². The van der Waals surface area contributed by atoms with Crippen LogP contribution in [0.15, 0.2) is 18.2 Å². The van der Waals surface area contributed by atoms with Crippen LogP contribution in [0.5, 0.6) is 11.5 Å². The average Bonchev–Trinajstić information content (AvgIpc) is 2.29. The molecule has 1 aromatic carbocycles. The van der Waals surface area contributed by atoms with Gasteiger partial charge >= 0.3 is 0 Å². The highest BCUT2D eigenvalue weighted by Gasteiger charge is 2.07. The molecule has 3 N–H and O–H groups in total. The third kappa shape index (κ3) is 3.02. The Morgan fingerprint density at radius 2 is 1.80 bits per heavy atom. The molecular weight excluding hydrogens is 192 g/mol. The summed E-state index contributed by atoms with van der Waals surface area (Å²) in [4.78, 5) is 0.